The number of urea groups is 1. The maximum absolute atomic E-state index is 14.1. The SMILES string of the molecule is C[C@@H]1CN(CC2CN(c3ccc4c(c3)C(=O)N(C3CCC(=O)NC3=O)C4)C2)C[C@H](C)N1C(=O)N1CCN2c3cc(-c4cc(F)cc(F)c4O)nnc3NC[C@H]2C1. The normalized spacial score (nSPS) is 25.4. The van der Waals surface area contributed by atoms with E-state index < -0.39 is 29.3 Å². The molecular weight excluding hydrogens is 726 g/mol. The number of phenolic OH excluding ortho intramolecular Hbond substituents is 1. The van der Waals surface area contributed by atoms with E-state index in [9.17, 15) is 33.1 Å². The van der Waals surface area contributed by atoms with Gasteiger partial charge < -0.3 is 34.9 Å². The van der Waals surface area contributed by atoms with Crippen molar-refractivity contribution in [2.45, 2.75) is 57.4 Å². The van der Waals surface area contributed by atoms with Crippen LogP contribution in [0.5, 0.6) is 5.75 Å². The van der Waals surface area contributed by atoms with Crippen molar-refractivity contribution in [3.05, 3.63) is 59.2 Å². The fourth-order valence-electron chi connectivity index (χ4n) is 9.48. The Bertz CT molecular complexity index is 2120. The minimum absolute atomic E-state index is 0.0119. The molecular formula is C39H44F2N10O5. The quantitative estimate of drug-likeness (QED) is 0.328. The van der Waals surface area contributed by atoms with Crippen LogP contribution >= 0.6 is 0 Å². The molecule has 9 rings (SSSR count). The number of benzene rings is 2. The summed E-state index contributed by atoms with van der Waals surface area (Å²) in [6, 6.07) is 8.62. The molecule has 0 aliphatic carbocycles. The zero-order valence-electron chi connectivity index (χ0n) is 31.2. The van der Waals surface area contributed by atoms with Crippen molar-refractivity contribution in [2.24, 2.45) is 5.92 Å². The van der Waals surface area contributed by atoms with Gasteiger partial charge >= 0.3 is 6.03 Å². The summed E-state index contributed by atoms with van der Waals surface area (Å²) in [5.74, 6) is -2.48. The number of aromatic nitrogens is 2. The number of fused-ring (bicyclic) bond motifs is 4. The Morgan fingerprint density at radius 1 is 0.929 bits per heavy atom. The summed E-state index contributed by atoms with van der Waals surface area (Å²) in [7, 11) is 0. The van der Waals surface area contributed by atoms with Gasteiger partial charge in [-0.2, -0.15) is 0 Å². The monoisotopic (exact) mass is 770 g/mol. The minimum atomic E-state index is -1.07. The summed E-state index contributed by atoms with van der Waals surface area (Å²) in [4.78, 5) is 63.8. The van der Waals surface area contributed by atoms with E-state index >= 15 is 0 Å². The highest BCUT2D eigenvalue weighted by atomic mass is 19.1. The smallest absolute Gasteiger partial charge is 0.320 e. The highest BCUT2D eigenvalue weighted by Crippen LogP contribution is 2.38. The maximum Gasteiger partial charge on any atom is 0.320 e. The molecule has 17 heteroatoms. The van der Waals surface area contributed by atoms with E-state index in [1.165, 1.54) is 0 Å². The molecule has 1 unspecified atom stereocenters. The Kier molecular flexibility index (Phi) is 8.93. The van der Waals surface area contributed by atoms with E-state index in [1.807, 2.05) is 28.0 Å². The molecule has 4 fully saturated rings. The maximum atomic E-state index is 14.1. The third-order valence-corrected chi connectivity index (χ3v) is 12.2. The number of carbonyl (C=O) groups is 4. The Balaban J connectivity index is 0.781. The van der Waals surface area contributed by atoms with Gasteiger partial charge in [0.2, 0.25) is 11.8 Å². The predicted molar refractivity (Wildman–Crippen MR) is 201 cm³/mol. The molecule has 0 spiro atoms. The highest BCUT2D eigenvalue weighted by molar-refractivity contribution is 6.05. The van der Waals surface area contributed by atoms with E-state index in [2.05, 4.69) is 49.4 Å². The van der Waals surface area contributed by atoms with Crippen LogP contribution in [0.4, 0.5) is 30.8 Å². The zero-order chi connectivity index (χ0) is 39.0. The second-order valence-electron chi connectivity index (χ2n) is 16.0. The summed E-state index contributed by atoms with van der Waals surface area (Å²) >= 11 is 0. The number of rotatable bonds is 5. The summed E-state index contributed by atoms with van der Waals surface area (Å²) in [6.07, 6.45) is 0.568. The Labute approximate surface area is 322 Å². The number of anilines is 3. The molecule has 56 heavy (non-hydrogen) atoms. The minimum Gasteiger partial charge on any atom is -0.504 e. The van der Waals surface area contributed by atoms with Crippen LogP contribution in [0.3, 0.4) is 0 Å². The number of aromatic hydroxyl groups is 1. The van der Waals surface area contributed by atoms with Crippen LogP contribution in [0.15, 0.2) is 36.4 Å². The van der Waals surface area contributed by atoms with Crippen molar-refractivity contribution in [3.63, 3.8) is 0 Å². The van der Waals surface area contributed by atoms with Crippen molar-refractivity contribution >= 4 is 40.9 Å². The molecule has 4 atom stereocenters. The van der Waals surface area contributed by atoms with Crippen molar-refractivity contribution in [1.29, 1.82) is 0 Å². The lowest BCUT2D eigenvalue weighted by Gasteiger charge is -2.51. The molecule has 4 saturated heterocycles. The van der Waals surface area contributed by atoms with Crippen molar-refractivity contribution in [2.75, 3.05) is 74.0 Å². The molecule has 3 aromatic rings. The number of halogens is 2. The fraction of sp³-hybridized carbons (Fsp3) is 0.487. The molecule has 0 radical (unpaired) electrons. The van der Waals surface area contributed by atoms with Crippen LogP contribution in [-0.4, -0.2) is 142 Å². The van der Waals surface area contributed by atoms with Gasteiger partial charge in [0.25, 0.3) is 5.91 Å². The van der Waals surface area contributed by atoms with Crippen LogP contribution in [0.1, 0.15) is 42.6 Å². The van der Waals surface area contributed by atoms with Gasteiger partial charge in [0.15, 0.2) is 17.4 Å². The second kappa shape index (κ2) is 13.9. The Morgan fingerprint density at radius 3 is 2.48 bits per heavy atom. The van der Waals surface area contributed by atoms with Gasteiger partial charge in [0.05, 0.1) is 17.4 Å². The number of amides is 5. The summed E-state index contributed by atoms with van der Waals surface area (Å²) in [6.45, 7) is 10.8. The third-order valence-electron chi connectivity index (χ3n) is 12.2. The number of nitrogens with zero attached hydrogens (tertiary/aromatic N) is 8. The fourth-order valence-corrected chi connectivity index (χ4v) is 9.48. The molecule has 6 aliphatic heterocycles. The molecule has 1 aromatic heterocycles. The van der Waals surface area contributed by atoms with E-state index in [1.54, 1.807) is 11.0 Å². The van der Waals surface area contributed by atoms with Gasteiger partial charge in [-0.3, -0.25) is 24.6 Å². The van der Waals surface area contributed by atoms with Gasteiger partial charge in [-0.15, -0.1) is 10.2 Å². The van der Waals surface area contributed by atoms with Crippen LogP contribution in [0, 0.1) is 17.6 Å². The standard InChI is InChI=1S/C39H44F2N10O5/c1-21-14-46(16-23-17-48(18-23)26-4-3-24-19-50(38(55)28(24)11-26)32-5-6-34(52)43-37(32)54)15-22(2)51(21)39(56)47-7-8-49-27(20-47)13-42-36-33(49)12-31(44-45-36)29-9-25(40)10-30(41)35(29)53/h3-4,9-12,21-23,27,32,53H,5-8,13-20H2,1-2H3,(H,42,45)(H,43,52,54)/t21-,22+,27-,32?/m0/s1. The lowest BCUT2D eigenvalue weighted by atomic mass is 9.96. The number of piperidine rings is 1. The van der Waals surface area contributed by atoms with Crippen molar-refractivity contribution in [1.82, 2.24) is 35.1 Å². The third kappa shape index (κ3) is 6.30. The summed E-state index contributed by atoms with van der Waals surface area (Å²) < 4.78 is 28.1. The number of imide groups is 1. The van der Waals surface area contributed by atoms with Gasteiger partial charge in [0.1, 0.15) is 11.9 Å². The molecule has 0 bridgehead atoms. The van der Waals surface area contributed by atoms with Crippen LogP contribution < -0.4 is 20.4 Å². The lowest BCUT2D eigenvalue weighted by molar-refractivity contribution is -0.136. The average Bonchev–Trinajstić information content (AvgIpc) is 3.48. The number of nitrogens with one attached hydrogen (secondary N) is 2. The molecule has 5 amide bonds. The van der Waals surface area contributed by atoms with Crippen LogP contribution in [0.2, 0.25) is 0 Å². The first-order valence-corrected chi connectivity index (χ1v) is 19.3. The predicted octanol–water partition coefficient (Wildman–Crippen LogP) is 2.46. The summed E-state index contributed by atoms with van der Waals surface area (Å²) in [5.41, 5.74) is 3.27. The van der Waals surface area contributed by atoms with Gasteiger partial charge in [-0.25, -0.2) is 13.6 Å². The Hall–Kier alpha value is -5.58. The molecule has 15 nitrogen and oxygen atoms in total. The van der Waals surface area contributed by atoms with Crippen molar-refractivity contribution in [3.8, 4) is 17.0 Å². The first-order valence-electron chi connectivity index (χ1n) is 19.3. The van der Waals surface area contributed by atoms with E-state index in [4.69, 9.17) is 0 Å². The molecule has 0 saturated carbocycles. The van der Waals surface area contributed by atoms with E-state index in [-0.39, 0.29) is 53.6 Å². The molecule has 2 aromatic carbocycles. The molecule has 3 N–H and O–H groups in total. The van der Waals surface area contributed by atoms with Gasteiger partial charge in [0, 0.05) is 113 Å². The molecule has 294 valence electrons. The van der Waals surface area contributed by atoms with Crippen LogP contribution in [-0.2, 0) is 16.1 Å². The highest BCUT2D eigenvalue weighted by Gasteiger charge is 2.42. The second-order valence-corrected chi connectivity index (χ2v) is 16.0. The topological polar surface area (TPSA) is 158 Å². The Morgan fingerprint density at radius 2 is 1.71 bits per heavy atom. The number of carbonyl (C=O) groups excluding carboxylic acids is 4. The zero-order valence-corrected chi connectivity index (χ0v) is 31.2. The molecule has 7 heterocycles. The number of phenols is 1. The number of piperazine rings is 2. The van der Waals surface area contributed by atoms with Crippen molar-refractivity contribution < 1.29 is 33.1 Å². The first-order chi connectivity index (χ1) is 26.9. The average molecular weight is 771 g/mol. The van der Waals surface area contributed by atoms with Crippen LogP contribution in [0.25, 0.3) is 11.3 Å². The van der Waals surface area contributed by atoms with Gasteiger partial charge in [-0.05, 0) is 50.1 Å². The number of hydrogen-bond donors (Lipinski definition) is 3. The van der Waals surface area contributed by atoms with Gasteiger partial charge in [-0.1, -0.05) is 6.07 Å². The van der Waals surface area contributed by atoms with E-state index in [0.29, 0.717) is 68.2 Å². The summed E-state index contributed by atoms with van der Waals surface area (Å²) in [5, 5.41) is 24.3. The molecule has 6 aliphatic rings. The number of hydrogen-bond acceptors (Lipinski definition) is 11. The first kappa shape index (κ1) is 36.1. The lowest BCUT2D eigenvalue weighted by Crippen LogP contribution is -2.66. The largest absolute Gasteiger partial charge is 0.504 e. The van der Waals surface area contributed by atoms with E-state index in [0.717, 1.165) is 50.0 Å².